The van der Waals surface area contributed by atoms with E-state index in [1.165, 1.54) is 24.5 Å². The molecule has 3 aromatic rings. The molecular weight excluding hydrogens is 454 g/mol. The van der Waals surface area contributed by atoms with Crippen LogP contribution in [0, 0.1) is 5.82 Å². The molecule has 10 heteroatoms. The van der Waals surface area contributed by atoms with Crippen LogP contribution in [0.1, 0.15) is 6.42 Å². The van der Waals surface area contributed by atoms with Gasteiger partial charge in [0.1, 0.15) is 23.7 Å². The molecule has 2 N–H and O–H groups in total. The highest BCUT2D eigenvalue weighted by atomic mass is 35.5. The standard InChI is InChI=1S/C22H23ClFN4O3P/c1-4-21(29)28-19-11-15-18(12-20(19)31-8-5-9-32(2,3)30)25-13-26-22(15)27-14-6-7-17(24)16(23)10-14/h4,6-7,10-13H,1,5,8-9H2,2-3H3,(H,28,29)(H,25,26,27). The van der Waals surface area contributed by atoms with Crippen LogP contribution in [0.2, 0.25) is 5.02 Å². The Balaban J connectivity index is 1.94. The lowest BCUT2D eigenvalue weighted by Crippen LogP contribution is -2.10. The molecule has 0 atom stereocenters. The van der Waals surface area contributed by atoms with E-state index in [0.717, 1.165) is 6.08 Å². The number of hydrogen-bond acceptors (Lipinski definition) is 6. The summed E-state index contributed by atoms with van der Waals surface area (Å²) in [5.41, 5.74) is 1.52. The van der Waals surface area contributed by atoms with Gasteiger partial charge in [0.25, 0.3) is 0 Å². The van der Waals surface area contributed by atoms with Gasteiger partial charge in [-0.05, 0) is 50.1 Å². The van der Waals surface area contributed by atoms with E-state index >= 15 is 0 Å². The predicted octanol–water partition coefficient (Wildman–Crippen LogP) is 5.68. The van der Waals surface area contributed by atoms with E-state index in [1.807, 2.05) is 0 Å². The topological polar surface area (TPSA) is 93.2 Å². The van der Waals surface area contributed by atoms with Crippen LogP contribution in [0.25, 0.3) is 10.9 Å². The fraction of sp³-hybridized carbons (Fsp3) is 0.227. The number of carbonyl (C=O) groups is 1. The van der Waals surface area contributed by atoms with Crippen LogP contribution < -0.4 is 15.4 Å². The molecule has 0 radical (unpaired) electrons. The second kappa shape index (κ2) is 10.1. The van der Waals surface area contributed by atoms with Gasteiger partial charge in [-0.2, -0.15) is 0 Å². The SMILES string of the molecule is C=CC(=O)Nc1cc2c(Nc3ccc(F)c(Cl)c3)ncnc2cc1OCCCP(C)(C)=O. The maximum absolute atomic E-state index is 13.5. The highest BCUT2D eigenvalue weighted by Crippen LogP contribution is 2.37. The fourth-order valence-corrected chi connectivity index (χ4v) is 3.99. The Morgan fingerprint density at radius 2 is 2.06 bits per heavy atom. The van der Waals surface area contributed by atoms with Gasteiger partial charge in [0, 0.05) is 23.3 Å². The lowest BCUT2D eigenvalue weighted by Gasteiger charge is -2.15. The fourth-order valence-electron chi connectivity index (χ4n) is 2.92. The van der Waals surface area contributed by atoms with Crippen molar-refractivity contribution in [3.05, 3.63) is 60.2 Å². The highest BCUT2D eigenvalue weighted by molar-refractivity contribution is 7.62. The molecule has 0 bridgehead atoms. The van der Waals surface area contributed by atoms with Crippen LogP contribution in [-0.4, -0.2) is 42.0 Å². The molecule has 0 aliphatic rings. The van der Waals surface area contributed by atoms with Gasteiger partial charge in [-0.25, -0.2) is 14.4 Å². The number of hydrogen-bond donors (Lipinski definition) is 2. The number of anilines is 3. The molecule has 1 amide bonds. The van der Waals surface area contributed by atoms with Crippen molar-refractivity contribution in [2.75, 3.05) is 36.7 Å². The van der Waals surface area contributed by atoms with Gasteiger partial charge < -0.3 is 19.9 Å². The summed E-state index contributed by atoms with van der Waals surface area (Å²) < 4.78 is 31.2. The van der Waals surface area contributed by atoms with Crippen molar-refractivity contribution in [3.63, 3.8) is 0 Å². The molecule has 3 rings (SSSR count). The summed E-state index contributed by atoms with van der Waals surface area (Å²) in [5.74, 6) is -0.0681. The summed E-state index contributed by atoms with van der Waals surface area (Å²) in [6.07, 6.45) is 3.70. The zero-order valence-corrected chi connectivity index (χ0v) is 19.3. The van der Waals surface area contributed by atoms with E-state index in [0.29, 0.717) is 53.0 Å². The Kier molecular flexibility index (Phi) is 7.48. The molecule has 168 valence electrons. The van der Waals surface area contributed by atoms with Gasteiger partial charge >= 0.3 is 0 Å². The number of nitrogens with zero attached hydrogens (tertiary/aromatic N) is 2. The first-order valence-electron chi connectivity index (χ1n) is 9.77. The van der Waals surface area contributed by atoms with E-state index in [4.69, 9.17) is 16.3 Å². The van der Waals surface area contributed by atoms with E-state index in [-0.39, 0.29) is 5.02 Å². The number of aromatic nitrogens is 2. The van der Waals surface area contributed by atoms with Crippen molar-refractivity contribution < 1.29 is 18.5 Å². The van der Waals surface area contributed by atoms with E-state index in [1.54, 1.807) is 25.5 Å². The van der Waals surface area contributed by atoms with E-state index in [9.17, 15) is 13.8 Å². The van der Waals surface area contributed by atoms with Gasteiger partial charge in [0.15, 0.2) is 0 Å². The first-order chi connectivity index (χ1) is 15.2. The molecule has 0 spiro atoms. The van der Waals surface area contributed by atoms with Crippen molar-refractivity contribution in [1.82, 2.24) is 9.97 Å². The maximum Gasteiger partial charge on any atom is 0.247 e. The summed E-state index contributed by atoms with van der Waals surface area (Å²) >= 11 is 5.87. The van der Waals surface area contributed by atoms with Crippen LogP contribution >= 0.6 is 18.7 Å². The van der Waals surface area contributed by atoms with Crippen LogP contribution in [0.15, 0.2) is 49.3 Å². The number of fused-ring (bicyclic) bond motifs is 1. The summed E-state index contributed by atoms with van der Waals surface area (Å²) in [6, 6.07) is 7.61. The molecule has 1 aromatic heterocycles. The number of benzene rings is 2. The van der Waals surface area contributed by atoms with Gasteiger partial charge in [-0.3, -0.25) is 4.79 Å². The van der Waals surface area contributed by atoms with Crippen molar-refractivity contribution in [2.24, 2.45) is 0 Å². The van der Waals surface area contributed by atoms with Crippen LogP contribution in [0.3, 0.4) is 0 Å². The van der Waals surface area contributed by atoms with E-state index in [2.05, 4.69) is 27.2 Å². The molecule has 7 nitrogen and oxygen atoms in total. The van der Waals surface area contributed by atoms with Crippen molar-refractivity contribution in [3.8, 4) is 5.75 Å². The van der Waals surface area contributed by atoms with Gasteiger partial charge in [-0.15, -0.1) is 0 Å². The molecule has 1 heterocycles. The first-order valence-corrected chi connectivity index (χ1v) is 12.9. The smallest absolute Gasteiger partial charge is 0.247 e. The Labute approximate surface area is 190 Å². The molecule has 0 aliphatic heterocycles. The molecular formula is C22H23ClFN4O3P. The number of nitrogens with one attached hydrogen (secondary N) is 2. The third-order valence-electron chi connectivity index (χ3n) is 4.46. The van der Waals surface area contributed by atoms with Gasteiger partial charge in [-0.1, -0.05) is 18.2 Å². The normalized spacial score (nSPS) is 11.2. The minimum absolute atomic E-state index is 0.0216. The average molecular weight is 477 g/mol. The molecule has 0 saturated heterocycles. The second-order valence-electron chi connectivity index (χ2n) is 7.53. The highest BCUT2D eigenvalue weighted by Gasteiger charge is 2.14. The van der Waals surface area contributed by atoms with Crippen LogP contribution in [-0.2, 0) is 9.36 Å². The third-order valence-corrected chi connectivity index (χ3v) is 6.14. The van der Waals surface area contributed by atoms with Crippen molar-refractivity contribution in [2.45, 2.75) is 6.42 Å². The quantitative estimate of drug-likeness (QED) is 0.234. The van der Waals surface area contributed by atoms with Crippen molar-refractivity contribution in [1.29, 1.82) is 0 Å². The Bertz CT molecular complexity index is 1220. The maximum atomic E-state index is 13.5. The number of halogens is 2. The summed E-state index contributed by atoms with van der Waals surface area (Å²) in [7, 11) is -2.14. The lowest BCUT2D eigenvalue weighted by molar-refractivity contribution is -0.111. The zero-order chi connectivity index (χ0) is 23.3. The minimum atomic E-state index is -2.14. The van der Waals surface area contributed by atoms with Gasteiger partial charge in [0.2, 0.25) is 5.91 Å². The number of ether oxygens (including phenoxy) is 1. The Morgan fingerprint density at radius 1 is 1.28 bits per heavy atom. The summed E-state index contributed by atoms with van der Waals surface area (Å²) in [5, 5.41) is 6.40. The van der Waals surface area contributed by atoms with Crippen LogP contribution in [0.5, 0.6) is 5.75 Å². The number of rotatable bonds is 9. The molecule has 0 fully saturated rings. The van der Waals surface area contributed by atoms with E-state index < -0.39 is 18.9 Å². The summed E-state index contributed by atoms with van der Waals surface area (Å²) in [4.78, 5) is 20.5. The molecule has 0 saturated carbocycles. The predicted molar refractivity (Wildman–Crippen MR) is 127 cm³/mol. The zero-order valence-electron chi connectivity index (χ0n) is 17.7. The molecule has 2 aromatic carbocycles. The number of carbonyl (C=O) groups excluding carboxylic acids is 1. The number of amides is 1. The second-order valence-corrected chi connectivity index (χ2v) is 11.5. The monoisotopic (exact) mass is 476 g/mol. The van der Waals surface area contributed by atoms with Crippen LogP contribution in [0.4, 0.5) is 21.6 Å². The average Bonchev–Trinajstić information content (AvgIpc) is 2.73. The lowest BCUT2D eigenvalue weighted by atomic mass is 10.1. The molecule has 32 heavy (non-hydrogen) atoms. The largest absolute Gasteiger partial charge is 0.491 e. The summed E-state index contributed by atoms with van der Waals surface area (Å²) in [6.45, 7) is 7.28. The van der Waals surface area contributed by atoms with Gasteiger partial charge in [0.05, 0.1) is 30.0 Å². The molecule has 0 unspecified atom stereocenters. The minimum Gasteiger partial charge on any atom is -0.491 e. The Morgan fingerprint density at radius 3 is 2.75 bits per heavy atom. The third kappa shape index (κ3) is 6.28. The molecule has 0 aliphatic carbocycles. The van der Waals surface area contributed by atoms with Crippen molar-refractivity contribution >= 4 is 52.7 Å². The first kappa shape index (κ1) is 23.7. The Hall–Kier alpha value is -2.96.